The number of amides is 2. The molecule has 0 fully saturated rings. The lowest BCUT2D eigenvalue weighted by Gasteiger charge is -2.32. The summed E-state index contributed by atoms with van der Waals surface area (Å²) in [5.41, 5.74) is 8.44. The standard InChI is InChI=1S/C23H21N3O2S/c24-22(27)16-7-5-8-17(15-16)23(28)25-13-6-14-26-18-9-1-3-11-20(18)29-21-12-4-2-10-19(21)26/h1-5,7-12,15H,6,13-14H2,(H2,24,27)(H,25,28). The number of benzene rings is 3. The van der Waals surface area contributed by atoms with Gasteiger partial charge in [0.2, 0.25) is 5.91 Å². The first-order valence-electron chi connectivity index (χ1n) is 9.45. The van der Waals surface area contributed by atoms with E-state index in [-0.39, 0.29) is 5.91 Å². The molecule has 0 aliphatic carbocycles. The number of nitrogens with zero attached hydrogens (tertiary/aromatic N) is 1. The second kappa shape index (κ2) is 8.41. The first-order chi connectivity index (χ1) is 14.1. The van der Waals surface area contributed by atoms with Gasteiger partial charge in [-0.3, -0.25) is 9.59 Å². The molecule has 0 aromatic heterocycles. The highest BCUT2D eigenvalue weighted by Gasteiger charge is 2.22. The molecule has 3 aromatic carbocycles. The second-order valence-corrected chi connectivity index (χ2v) is 7.83. The highest BCUT2D eigenvalue weighted by molar-refractivity contribution is 7.99. The van der Waals surface area contributed by atoms with E-state index in [1.165, 1.54) is 27.2 Å². The highest BCUT2D eigenvalue weighted by Crippen LogP contribution is 2.47. The van der Waals surface area contributed by atoms with Crippen LogP contribution < -0.4 is 16.0 Å². The quantitative estimate of drug-likeness (QED) is 0.605. The fraction of sp³-hybridized carbons (Fsp3) is 0.130. The third-order valence-electron chi connectivity index (χ3n) is 4.79. The summed E-state index contributed by atoms with van der Waals surface area (Å²) in [6, 6.07) is 23.2. The van der Waals surface area contributed by atoms with E-state index in [2.05, 4.69) is 46.6 Å². The van der Waals surface area contributed by atoms with Crippen molar-refractivity contribution in [2.75, 3.05) is 18.0 Å². The predicted octanol–water partition coefficient (Wildman–Crippen LogP) is 4.21. The number of hydrogen-bond acceptors (Lipinski definition) is 4. The zero-order chi connectivity index (χ0) is 20.2. The van der Waals surface area contributed by atoms with Crippen molar-refractivity contribution in [2.24, 2.45) is 5.73 Å². The summed E-state index contributed by atoms with van der Waals surface area (Å²) in [6.07, 6.45) is 0.786. The lowest BCUT2D eigenvalue weighted by atomic mass is 10.1. The minimum Gasteiger partial charge on any atom is -0.366 e. The molecular weight excluding hydrogens is 382 g/mol. The maximum Gasteiger partial charge on any atom is 0.251 e. The number of fused-ring (bicyclic) bond motifs is 2. The third-order valence-corrected chi connectivity index (χ3v) is 5.92. The molecule has 4 rings (SSSR count). The normalized spacial score (nSPS) is 12.1. The lowest BCUT2D eigenvalue weighted by Crippen LogP contribution is -2.29. The van der Waals surface area contributed by atoms with Gasteiger partial charge in [0.1, 0.15) is 0 Å². The number of nitrogens with one attached hydrogen (secondary N) is 1. The van der Waals surface area contributed by atoms with Gasteiger partial charge in [-0.1, -0.05) is 42.1 Å². The van der Waals surface area contributed by atoms with Crippen molar-refractivity contribution in [1.82, 2.24) is 5.32 Å². The maximum absolute atomic E-state index is 12.4. The number of para-hydroxylation sites is 2. The molecule has 29 heavy (non-hydrogen) atoms. The number of hydrogen-bond donors (Lipinski definition) is 2. The van der Waals surface area contributed by atoms with Crippen molar-refractivity contribution < 1.29 is 9.59 Å². The Morgan fingerprint density at radius 3 is 2.14 bits per heavy atom. The van der Waals surface area contributed by atoms with Gasteiger partial charge in [-0.2, -0.15) is 0 Å². The molecule has 2 amide bonds. The fourth-order valence-corrected chi connectivity index (χ4v) is 4.47. The van der Waals surface area contributed by atoms with Gasteiger partial charge in [0.25, 0.3) is 5.91 Å². The predicted molar refractivity (Wildman–Crippen MR) is 116 cm³/mol. The molecule has 1 aliphatic rings. The molecule has 0 spiro atoms. The SMILES string of the molecule is NC(=O)c1cccc(C(=O)NCCCN2c3ccccc3Sc3ccccc32)c1. The van der Waals surface area contributed by atoms with E-state index >= 15 is 0 Å². The Morgan fingerprint density at radius 2 is 1.48 bits per heavy atom. The van der Waals surface area contributed by atoms with E-state index in [1.54, 1.807) is 30.0 Å². The van der Waals surface area contributed by atoms with Crippen LogP contribution in [0.5, 0.6) is 0 Å². The molecule has 6 heteroatoms. The van der Waals surface area contributed by atoms with E-state index in [9.17, 15) is 9.59 Å². The van der Waals surface area contributed by atoms with Crippen molar-refractivity contribution in [3.05, 3.63) is 83.9 Å². The average molecular weight is 404 g/mol. The van der Waals surface area contributed by atoms with E-state index in [1.807, 2.05) is 12.1 Å². The van der Waals surface area contributed by atoms with Gasteiger partial charge in [-0.25, -0.2) is 0 Å². The van der Waals surface area contributed by atoms with Gasteiger partial charge in [0, 0.05) is 34.0 Å². The topological polar surface area (TPSA) is 75.4 Å². The first-order valence-corrected chi connectivity index (χ1v) is 10.3. The molecule has 1 aliphatic heterocycles. The molecule has 0 radical (unpaired) electrons. The summed E-state index contributed by atoms with van der Waals surface area (Å²) in [6.45, 7) is 1.32. The van der Waals surface area contributed by atoms with E-state index < -0.39 is 5.91 Å². The minimum atomic E-state index is -0.542. The van der Waals surface area contributed by atoms with Crippen LogP contribution in [0.3, 0.4) is 0 Å². The largest absolute Gasteiger partial charge is 0.366 e. The number of nitrogens with two attached hydrogens (primary N) is 1. The summed E-state index contributed by atoms with van der Waals surface area (Å²) >= 11 is 1.78. The van der Waals surface area contributed by atoms with Crippen molar-refractivity contribution >= 4 is 35.0 Å². The van der Waals surface area contributed by atoms with Crippen LogP contribution >= 0.6 is 11.8 Å². The molecule has 0 atom stereocenters. The summed E-state index contributed by atoms with van der Waals surface area (Å²) in [7, 11) is 0. The number of rotatable bonds is 6. The number of carbonyl (C=O) groups excluding carboxylic acids is 2. The van der Waals surface area contributed by atoms with Crippen molar-refractivity contribution in [3.63, 3.8) is 0 Å². The van der Waals surface area contributed by atoms with Gasteiger partial charge >= 0.3 is 0 Å². The monoisotopic (exact) mass is 403 g/mol. The average Bonchev–Trinajstić information content (AvgIpc) is 2.75. The highest BCUT2D eigenvalue weighted by atomic mass is 32.2. The molecular formula is C23H21N3O2S. The van der Waals surface area contributed by atoms with Crippen molar-refractivity contribution in [3.8, 4) is 0 Å². The number of carbonyl (C=O) groups is 2. The van der Waals surface area contributed by atoms with Crippen LogP contribution in [-0.2, 0) is 0 Å². The Bertz CT molecular complexity index is 1020. The summed E-state index contributed by atoms with van der Waals surface area (Å²) in [4.78, 5) is 28.5. The molecule has 3 N–H and O–H groups in total. The van der Waals surface area contributed by atoms with Gasteiger partial charge in [0.05, 0.1) is 11.4 Å². The molecule has 0 saturated carbocycles. The van der Waals surface area contributed by atoms with Gasteiger partial charge in [0.15, 0.2) is 0 Å². The lowest BCUT2D eigenvalue weighted by molar-refractivity contribution is 0.0953. The van der Waals surface area contributed by atoms with Crippen LogP contribution in [0.25, 0.3) is 0 Å². The Morgan fingerprint density at radius 1 is 0.862 bits per heavy atom. The molecule has 146 valence electrons. The van der Waals surface area contributed by atoms with Crippen LogP contribution in [0.1, 0.15) is 27.1 Å². The van der Waals surface area contributed by atoms with E-state index in [0.717, 1.165) is 13.0 Å². The van der Waals surface area contributed by atoms with Gasteiger partial charge in [-0.05, 0) is 48.9 Å². The molecule has 3 aromatic rings. The molecule has 1 heterocycles. The Kier molecular flexibility index (Phi) is 5.53. The van der Waals surface area contributed by atoms with Gasteiger partial charge < -0.3 is 16.0 Å². The van der Waals surface area contributed by atoms with Crippen LogP contribution in [-0.4, -0.2) is 24.9 Å². The molecule has 5 nitrogen and oxygen atoms in total. The van der Waals surface area contributed by atoms with E-state index in [4.69, 9.17) is 5.73 Å². The van der Waals surface area contributed by atoms with Crippen LogP contribution in [0, 0.1) is 0 Å². The summed E-state index contributed by atoms with van der Waals surface area (Å²) in [5, 5.41) is 2.93. The van der Waals surface area contributed by atoms with Crippen LogP contribution in [0.15, 0.2) is 82.6 Å². The Labute approximate surface area is 173 Å². The van der Waals surface area contributed by atoms with Crippen LogP contribution in [0.4, 0.5) is 11.4 Å². The number of anilines is 2. The van der Waals surface area contributed by atoms with Gasteiger partial charge in [-0.15, -0.1) is 0 Å². The molecule has 0 saturated heterocycles. The Balaban J connectivity index is 1.41. The smallest absolute Gasteiger partial charge is 0.251 e. The zero-order valence-electron chi connectivity index (χ0n) is 15.8. The summed E-state index contributed by atoms with van der Waals surface area (Å²) in [5.74, 6) is -0.747. The first kappa shape index (κ1) is 19.1. The Hall–Kier alpha value is -3.25. The fourth-order valence-electron chi connectivity index (χ4n) is 3.38. The molecule has 0 bridgehead atoms. The van der Waals surface area contributed by atoms with Crippen molar-refractivity contribution in [1.29, 1.82) is 0 Å². The van der Waals surface area contributed by atoms with Crippen molar-refractivity contribution in [2.45, 2.75) is 16.2 Å². The minimum absolute atomic E-state index is 0.205. The second-order valence-electron chi connectivity index (χ2n) is 6.74. The van der Waals surface area contributed by atoms with Crippen LogP contribution in [0.2, 0.25) is 0 Å². The zero-order valence-corrected chi connectivity index (χ0v) is 16.6. The summed E-state index contributed by atoms with van der Waals surface area (Å²) < 4.78 is 0. The number of primary amides is 1. The third kappa shape index (κ3) is 4.12. The van der Waals surface area contributed by atoms with E-state index in [0.29, 0.717) is 17.7 Å². The molecule has 0 unspecified atom stereocenters. The maximum atomic E-state index is 12.4.